The number of aromatic carboxylic acids is 1. The van der Waals surface area contributed by atoms with E-state index in [0.717, 1.165) is 5.56 Å². The Morgan fingerprint density at radius 3 is 2.43 bits per heavy atom. The van der Waals surface area contributed by atoms with E-state index in [4.69, 9.17) is 21.4 Å². The lowest BCUT2D eigenvalue weighted by Crippen LogP contribution is -2.03. The fraction of sp³-hybridized carbons (Fsp3) is 0.235. The topological polar surface area (TPSA) is 46.5 Å². The van der Waals surface area contributed by atoms with Crippen molar-refractivity contribution in [3.8, 4) is 5.75 Å². The van der Waals surface area contributed by atoms with E-state index in [-0.39, 0.29) is 11.3 Å². The first-order valence-corrected chi connectivity index (χ1v) is 7.09. The van der Waals surface area contributed by atoms with E-state index in [1.807, 2.05) is 12.1 Å². The molecule has 0 aliphatic heterocycles. The zero-order valence-electron chi connectivity index (χ0n) is 12.0. The molecule has 0 spiro atoms. The molecule has 0 amide bonds. The van der Waals surface area contributed by atoms with Crippen LogP contribution in [0.5, 0.6) is 5.75 Å². The van der Waals surface area contributed by atoms with E-state index >= 15 is 0 Å². The summed E-state index contributed by atoms with van der Waals surface area (Å²) in [5, 5.41) is 9.58. The lowest BCUT2D eigenvalue weighted by Gasteiger charge is -2.11. The van der Waals surface area contributed by atoms with Gasteiger partial charge in [-0.25, -0.2) is 4.79 Å². The summed E-state index contributed by atoms with van der Waals surface area (Å²) in [5.41, 5.74) is 2.35. The van der Waals surface area contributed by atoms with Gasteiger partial charge in [0.2, 0.25) is 0 Å². The summed E-state index contributed by atoms with van der Waals surface area (Å²) in [7, 11) is 0. The van der Waals surface area contributed by atoms with Crippen LogP contribution in [0.1, 0.15) is 41.3 Å². The largest absolute Gasteiger partial charge is 0.488 e. The van der Waals surface area contributed by atoms with Gasteiger partial charge in [0.05, 0.1) is 0 Å². The molecule has 0 heterocycles. The van der Waals surface area contributed by atoms with E-state index in [9.17, 15) is 4.79 Å². The highest BCUT2D eigenvalue weighted by molar-refractivity contribution is 6.30. The van der Waals surface area contributed by atoms with Gasteiger partial charge in [-0.15, -0.1) is 0 Å². The van der Waals surface area contributed by atoms with Gasteiger partial charge < -0.3 is 9.84 Å². The lowest BCUT2D eigenvalue weighted by molar-refractivity contribution is 0.0692. The van der Waals surface area contributed by atoms with Crippen LogP contribution in [0.4, 0.5) is 0 Å². The van der Waals surface area contributed by atoms with Gasteiger partial charge in [0.25, 0.3) is 0 Å². The molecule has 0 saturated carbocycles. The van der Waals surface area contributed by atoms with E-state index < -0.39 is 5.97 Å². The summed E-state index contributed by atoms with van der Waals surface area (Å²) in [6.07, 6.45) is 0. The maximum Gasteiger partial charge on any atom is 0.339 e. The third-order valence-corrected chi connectivity index (χ3v) is 3.45. The van der Waals surface area contributed by atoms with Crippen LogP contribution in [-0.2, 0) is 6.61 Å². The van der Waals surface area contributed by atoms with Gasteiger partial charge in [-0.05, 0) is 35.2 Å². The number of rotatable bonds is 5. The summed E-state index contributed by atoms with van der Waals surface area (Å²) in [6.45, 7) is 4.58. The molecule has 3 nitrogen and oxygen atoms in total. The first kappa shape index (κ1) is 15.4. The van der Waals surface area contributed by atoms with Crippen molar-refractivity contribution < 1.29 is 14.6 Å². The number of carboxylic acids is 1. The molecule has 4 heteroatoms. The van der Waals surface area contributed by atoms with Gasteiger partial charge >= 0.3 is 5.97 Å². The maximum absolute atomic E-state index is 11.1. The van der Waals surface area contributed by atoms with Gasteiger partial charge in [-0.3, -0.25) is 0 Å². The Balaban J connectivity index is 2.12. The summed E-state index contributed by atoms with van der Waals surface area (Å²) in [6, 6.07) is 12.6. The summed E-state index contributed by atoms with van der Waals surface area (Å²) < 4.78 is 5.60. The molecule has 1 N–H and O–H groups in total. The number of hydrogen-bond donors (Lipinski definition) is 1. The van der Waals surface area contributed by atoms with E-state index in [2.05, 4.69) is 26.0 Å². The van der Waals surface area contributed by atoms with Crippen LogP contribution in [0.3, 0.4) is 0 Å². The van der Waals surface area contributed by atoms with Gasteiger partial charge in [-0.2, -0.15) is 0 Å². The Morgan fingerprint density at radius 1 is 1.19 bits per heavy atom. The molecule has 0 bridgehead atoms. The minimum Gasteiger partial charge on any atom is -0.488 e. The van der Waals surface area contributed by atoms with Crippen molar-refractivity contribution in [2.24, 2.45) is 0 Å². The van der Waals surface area contributed by atoms with E-state index in [1.54, 1.807) is 0 Å². The normalized spacial score (nSPS) is 10.7. The molecular formula is C17H17ClO3. The van der Waals surface area contributed by atoms with Crippen LogP contribution in [0.25, 0.3) is 0 Å². The first-order chi connectivity index (χ1) is 9.97. The first-order valence-electron chi connectivity index (χ1n) is 6.72. The molecule has 0 aliphatic carbocycles. The van der Waals surface area contributed by atoms with Gasteiger partial charge in [0.1, 0.15) is 17.9 Å². The van der Waals surface area contributed by atoms with E-state index in [0.29, 0.717) is 17.5 Å². The van der Waals surface area contributed by atoms with E-state index in [1.165, 1.54) is 23.8 Å². The van der Waals surface area contributed by atoms with Crippen LogP contribution in [-0.4, -0.2) is 11.1 Å². The van der Waals surface area contributed by atoms with Crippen LogP contribution >= 0.6 is 11.6 Å². The van der Waals surface area contributed by atoms with Crippen LogP contribution < -0.4 is 4.74 Å². The highest BCUT2D eigenvalue weighted by Crippen LogP contribution is 2.24. The Morgan fingerprint density at radius 2 is 1.86 bits per heavy atom. The quantitative estimate of drug-likeness (QED) is 0.867. The Hall–Kier alpha value is -2.00. The summed E-state index contributed by atoms with van der Waals surface area (Å²) >= 11 is 5.89. The molecule has 0 atom stereocenters. The standard InChI is InChI=1S/C17H17ClO3/c1-11(2)13-5-3-12(4-6-13)10-21-16-9-14(18)7-8-15(16)17(19)20/h3-9,11H,10H2,1-2H3,(H,19,20). The predicted molar refractivity (Wildman–Crippen MR) is 83.3 cm³/mol. The smallest absolute Gasteiger partial charge is 0.339 e. The molecule has 2 aromatic carbocycles. The fourth-order valence-electron chi connectivity index (χ4n) is 1.95. The molecule has 21 heavy (non-hydrogen) atoms. The lowest BCUT2D eigenvalue weighted by atomic mass is 10.0. The zero-order valence-corrected chi connectivity index (χ0v) is 12.7. The molecule has 0 fully saturated rings. The molecule has 0 radical (unpaired) electrons. The number of carboxylic acid groups (broad SMARTS) is 1. The summed E-state index contributed by atoms with van der Waals surface area (Å²) in [4.78, 5) is 11.1. The van der Waals surface area contributed by atoms with Crippen molar-refractivity contribution in [3.05, 3.63) is 64.2 Å². The van der Waals surface area contributed by atoms with Crippen molar-refractivity contribution in [2.75, 3.05) is 0 Å². The minimum absolute atomic E-state index is 0.109. The minimum atomic E-state index is -1.03. The average Bonchev–Trinajstić information content (AvgIpc) is 2.45. The monoisotopic (exact) mass is 304 g/mol. The Kier molecular flexibility index (Phi) is 4.86. The third kappa shape index (κ3) is 3.99. The van der Waals surface area contributed by atoms with Gasteiger partial charge in [0, 0.05) is 5.02 Å². The highest BCUT2D eigenvalue weighted by Gasteiger charge is 2.12. The average molecular weight is 305 g/mol. The SMILES string of the molecule is CC(C)c1ccc(COc2cc(Cl)ccc2C(=O)O)cc1. The van der Waals surface area contributed by atoms with Crippen molar-refractivity contribution in [3.63, 3.8) is 0 Å². The predicted octanol–water partition coefficient (Wildman–Crippen LogP) is 4.74. The van der Waals surface area contributed by atoms with Crippen molar-refractivity contribution in [1.29, 1.82) is 0 Å². The summed E-state index contributed by atoms with van der Waals surface area (Å²) in [5.74, 6) is -0.272. The molecule has 0 aliphatic rings. The highest BCUT2D eigenvalue weighted by atomic mass is 35.5. The van der Waals surface area contributed by atoms with Crippen LogP contribution in [0, 0.1) is 0 Å². The fourth-order valence-corrected chi connectivity index (χ4v) is 2.11. The zero-order chi connectivity index (χ0) is 15.4. The third-order valence-electron chi connectivity index (χ3n) is 3.21. The molecule has 110 valence electrons. The molecule has 2 aromatic rings. The molecule has 0 unspecified atom stereocenters. The van der Waals surface area contributed by atoms with Gasteiger partial charge in [-0.1, -0.05) is 49.7 Å². The Labute approximate surface area is 129 Å². The second-order valence-corrected chi connectivity index (χ2v) is 5.57. The van der Waals surface area contributed by atoms with Crippen molar-refractivity contribution in [1.82, 2.24) is 0 Å². The molecule has 0 saturated heterocycles. The van der Waals surface area contributed by atoms with Gasteiger partial charge in [0.15, 0.2) is 0 Å². The Bertz CT molecular complexity index is 633. The number of benzene rings is 2. The molecule has 0 aromatic heterocycles. The molecular weight excluding hydrogens is 288 g/mol. The maximum atomic E-state index is 11.1. The number of carbonyl (C=O) groups is 1. The number of halogens is 1. The van der Waals surface area contributed by atoms with Crippen molar-refractivity contribution in [2.45, 2.75) is 26.4 Å². The van der Waals surface area contributed by atoms with Crippen LogP contribution in [0.15, 0.2) is 42.5 Å². The van der Waals surface area contributed by atoms with Crippen molar-refractivity contribution >= 4 is 17.6 Å². The van der Waals surface area contributed by atoms with Crippen LogP contribution in [0.2, 0.25) is 5.02 Å². The second kappa shape index (κ2) is 6.64. The second-order valence-electron chi connectivity index (χ2n) is 5.13. The number of hydrogen-bond acceptors (Lipinski definition) is 2. The number of ether oxygens (including phenoxy) is 1. The molecule has 2 rings (SSSR count).